The topological polar surface area (TPSA) is 15.7 Å². The van der Waals surface area contributed by atoms with E-state index < -0.39 is 0 Å². The second-order valence-electron chi connectivity index (χ2n) is 6.16. The maximum atomic E-state index is 6.03. The van der Waals surface area contributed by atoms with E-state index in [1.54, 1.807) is 0 Å². The number of fused-ring (bicyclic) bond motifs is 1. The van der Waals surface area contributed by atoms with Crippen molar-refractivity contribution < 1.29 is 4.74 Å². The Hall–Kier alpha value is -0.420. The van der Waals surface area contributed by atoms with E-state index in [9.17, 15) is 0 Å². The standard InChI is InChI=1S/C15H24N2OS/c1-16(2)10-15-14-5-6-17(8-12(14)11-18-15)9-13-4-3-7-19-13/h3-4,7,12,14-15H,5-6,8-11H2,1-2H3/t12-,14-,15+/m1/s1. The van der Waals surface area contributed by atoms with Crippen molar-refractivity contribution in [3.8, 4) is 0 Å². The quantitative estimate of drug-likeness (QED) is 0.840. The van der Waals surface area contributed by atoms with Crippen molar-refractivity contribution in [1.82, 2.24) is 9.80 Å². The number of nitrogens with zero attached hydrogens (tertiary/aromatic N) is 2. The number of hydrogen-bond acceptors (Lipinski definition) is 4. The molecule has 1 aromatic rings. The maximum absolute atomic E-state index is 6.03. The summed E-state index contributed by atoms with van der Waals surface area (Å²) in [6.45, 7) is 5.61. The summed E-state index contributed by atoms with van der Waals surface area (Å²) >= 11 is 1.87. The van der Waals surface area contributed by atoms with Gasteiger partial charge in [-0.15, -0.1) is 11.3 Å². The summed E-state index contributed by atoms with van der Waals surface area (Å²) in [4.78, 5) is 6.35. The van der Waals surface area contributed by atoms with Crippen LogP contribution in [-0.2, 0) is 11.3 Å². The molecule has 4 heteroatoms. The fraction of sp³-hybridized carbons (Fsp3) is 0.733. The molecular weight excluding hydrogens is 256 g/mol. The van der Waals surface area contributed by atoms with E-state index in [1.807, 2.05) is 11.3 Å². The Balaban J connectivity index is 1.55. The first-order valence-corrected chi connectivity index (χ1v) is 8.11. The Morgan fingerprint density at radius 3 is 3.11 bits per heavy atom. The lowest BCUT2D eigenvalue weighted by Gasteiger charge is -2.35. The molecule has 2 fully saturated rings. The van der Waals surface area contributed by atoms with Crippen LogP contribution in [-0.4, -0.2) is 56.2 Å². The average molecular weight is 280 g/mol. The number of thiophene rings is 1. The Kier molecular flexibility index (Phi) is 4.22. The lowest BCUT2D eigenvalue weighted by molar-refractivity contribution is 0.0626. The van der Waals surface area contributed by atoms with Gasteiger partial charge in [-0.1, -0.05) is 6.07 Å². The molecule has 0 saturated carbocycles. The van der Waals surface area contributed by atoms with Gasteiger partial charge >= 0.3 is 0 Å². The van der Waals surface area contributed by atoms with Crippen LogP contribution < -0.4 is 0 Å². The predicted molar refractivity (Wildman–Crippen MR) is 79.5 cm³/mol. The molecule has 1 aromatic heterocycles. The molecule has 0 aromatic carbocycles. The van der Waals surface area contributed by atoms with E-state index >= 15 is 0 Å². The molecule has 3 heterocycles. The van der Waals surface area contributed by atoms with Gasteiger partial charge in [0.1, 0.15) is 0 Å². The van der Waals surface area contributed by atoms with Crippen molar-refractivity contribution in [2.24, 2.45) is 11.8 Å². The van der Waals surface area contributed by atoms with Crippen LogP contribution in [0.25, 0.3) is 0 Å². The van der Waals surface area contributed by atoms with Crippen molar-refractivity contribution in [1.29, 1.82) is 0 Å². The third kappa shape index (κ3) is 3.19. The SMILES string of the molecule is CN(C)C[C@@H]1OC[C@H]2CN(Cc3cccs3)CC[C@H]21. The highest BCUT2D eigenvalue weighted by Crippen LogP contribution is 2.35. The van der Waals surface area contributed by atoms with Crippen LogP contribution in [0.1, 0.15) is 11.3 Å². The number of likely N-dealkylation sites (N-methyl/N-ethyl adjacent to an activating group) is 1. The van der Waals surface area contributed by atoms with E-state index in [4.69, 9.17) is 4.74 Å². The van der Waals surface area contributed by atoms with Gasteiger partial charge in [-0.05, 0) is 44.4 Å². The van der Waals surface area contributed by atoms with Crippen LogP contribution in [0.2, 0.25) is 0 Å². The van der Waals surface area contributed by atoms with Crippen LogP contribution in [0.4, 0.5) is 0 Å². The first-order valence-electron chi connectivity index (χ1n) is 7.23. The first-order chi connectivity index (χ1) is 9.22. The molecule has 2 aliphatic heterocycles. The van der Waals surface area contributed by atoms with Gasteiger partial charge in [0.25, 0.3) is 0 Å². The van der Waals surface area contributed by atoms with Gasteiger partial charge in [-0.3, -0.25) is 4.90 Å². The van der Waals surface area contributed by atoms with Gasteiger partial charge in [0.2, 0.25) is 0 Å². The molecule has 2 saturated heterocycles. The number of piperidine rings is 1. The largest absolute Gasteiger partial charge is 0.376 e. The summed E-state index contributed by atoms with van der Waals surface area (Å²) in [7, 11) is 4.28. The third-order valence-electron chi connectivity index (χ3n) is 4.38. The lowest BCUT2D eigenvalue weighted by Crippen LogP contribution is -2.42. The van der Waals surface area contributed by atoms with Gasteiger partial charge in [-0.25, -0.2) is 0 Å². The fourth-order valence-electron chi connectivity index (χ4n) is 3.48. The Labute approximate surface area is 120 Å². The monoisotopic (exact) mass is 280 g/mol. The molecule has 0 amide bonds. The van der Waals surface area contributed by atoms with Crippen molar-refractivity contribution in [3.63, 3.8) is 0 Å². The second-order valence-corrected chi connectivity index (χ2v) is 7.19. The van der Waals surface area contributed by atoms with E-state index in [2.05, 4.69) is 41.4 Å². The first kappa shape index (κ1) is 13.6. The highest BCUT2D eigenvalue weighted by Gasteiger charge is 2.40. The van der Waals surface area contributed by atoms with Crippen molar-refractivity contribution in [3.05, 3.63) is 22.4 Å². The van der Waals surface area contributed by atoms with Crippen LogP contribution in [0.15, 0.2) is 17.5 Å². The molecule has 0 N–H and O–H groups in total. The van der Waals surface area contributed by atoms with E-state index in [0.29, 0.717) is 6.10 Å². The lowest BCUT2D eigenvalue weighted by atomic mass is 9.84. The smallest absolute Gasteiger partial charge is 0.0734 e. The number of hydrogen-bond donors (Lipinski definition) is 0. The van der Waals surface area contributed by atoms with Gasteiger partial charge in [0.05, 0.1) is 12.7 Å². The zero-order chi connectivity index (χ0) is 13.2. The van der Waals surface area contributed by atoms with Crippen LogP contribution in [0.3, 0.4) is 0 Å². The van der Waals surface area contributed by atoms with E-state index in [1.165, 1.54) is 24.4 Å². The van der Waals surface area contributed by atoms with Crippen molar-refractivity contribution in [2.45, 2.75) is 19.1 Å². The molecule has 3 atom stereocenters. The zero-order valence-corrected chi connectivity index (χ0v) is 12.7. The predicted octanol–water partition coefficient (Wildman–Crippen LogP) is 2.15. The van der Waals surface area contributed by atoms with Crippen LogP contribution >= 0.6 is 11.3 Å². The Morgan fingerprint density at radius 1 is 1.47 bits per heavy atom. The Morgan fingerprint density at radius 2 is 2.37 bits per heavy atom. The van der Waals surface area contributed by atoms with Crippen molar-refractivity contribution >= 4 is 11.3 Å². The minimum absolute atomic E-state index is 0.462. The minimum Gasteiger partial charge on any atom is -0.376 e. The second kappa shape index (κ2) is 5.92. The Bertz CT molecular complexity index is 393. The summed E-state index contributed by atoms with van der Waals surface area (Å²) in [5.74, 6) is 1.53. The maximum Gasteiger partial charge on any atom is 0.0734 e. The molecule has 0 spiro atoms. The van der Waals surface area contributed by atoms with Crippen LogP contribution in [0.5, 0.6) is 0 Å². The minimum atomic E-state index is 0.462. The molecule has 0 unspecified atom stereocenters. The van der Waals surface area contributed by atoms with Gasteiger partial charge in [0.15, 0.2) is 0 Å². The third-order valence-corrected chi connectivity index (χ3v) is 5.24. The summed E-state index contributed by atoms with van der Waals surface area (Å²) in [6.07, 6.45) is 1.76. The number of rotatable bonds is 4. The highest BCUT2D eigenvalue weighted by atomic mass is 32.1. The van der Waals surface area contributed by atoms with Gasteiger partial charge < -0.3 is 9.64 Å². The summed E-state index contributed by atoms with van der Waals surface area (Å²) in [5, 5.41) is 2.17. The van der Waals surface area contributed by atoms with E-state index in [0.717, 1.165) is 31.5 Å². The summed E-state index contributed by atoms with van der Waals surface area (Å²) < 4.78 is 6.03. The zero-order valence-electron chi connectivity index (χ0n) is 11.9. The molecule has 2 aliphatic rings. The molecule has 0 aliphatic carbocycles. The van der Waals surface area contributed by atoms with Gasteiger partial charge in [0, 0.05) is 30.4 Å². The van der Waals surface area contributed by atoms with Gasteiger partial charge in [-0.2, -0.15) is 0 Å². The molecule has 3 nitrogen and oxygen atoms in total. The summed E-state index contributed by atoms with van der Waals surface area (Å²) in [5.41, 5.74) is 0. The molecule has 106 valence electrons. The highest BCUT2D eigenvalue weighted by molar-refractivity contribution is 7.09. The summed E-state index contributed by atoms with van der Waals surface area (Å²) in [6, 6.07) is 4.40. The molecule has 19 heavy (non-hydrogen) atoms. The van der Waals surface area contributed by atoms with Crippen LogP contribution in [0, 0.1) is 11.8 Å². The fourth-order valence-corrected chi connectivity index (χ4v) is 4.22. The van der Waals surface area contributed by atoms with E-state index in [-0.39, 0.29) is 0 Å². The molecular formula is C15H24N2OS. The molecule has 3 rings (SSSR count). The average Bonchev–Trinajstić information content (AvgIpc) is 2.99. The number of ether oxygens (including phenoxy) is 1. The van der Waals surface area contributed by atoms with Crippen molar-refractivity contribution in [2.75, 3.05) is 40.3 Å². The molecule has 0 radical (unpaired) electrons. The normalized spacial score (nSPS) is 31.8. The number of likely N-dealkylation sites (tertiary alicyclic amines) is 1. The molecule has 0 bridgehead atoms.